The molecular formula is C8H17Cl2MgO2. The summed E-state index contributed by atoms with van der Waals surface area (Å²) in [6, 6.07) is 0. The van der Waals surface area contributed by atoms with E-state index in [4.69, 9.17) is 27.6 Å². The van der Waals surface area contributed by atoms with E-state index in [9.17, 15) is 0 Å². The molecule has 1 radical (unpaired) electrons. The Labute approximate surface area is 98.5 Å². The lowest BCUT2D eigenvalue weighted by Gasteiger charge is -2.11. The highest BCUT2D eigenvalue weighted by Crippen LogP contribution is 2.05. The minimum absolute atomic E-state index is 0.0217. The van der Waals surface area contributed by atoms with Gasteiger partial charge in [0.25, 0.3) is 0 Å². The summed E-state index contributed by atoms with van der Waals surface area (Å²) >= 11 is -0.639. The molecule has 2 nitrogen and oxygen atoms in total. The molecule has 0 aromatic carbocycles. The normalized spacial score (nSPS) is 9.08. The fourth-order valence-electron chi connectivity index (χ4n) is 0.820. The Bertz CT molecular complexity index is 82.5. The van der Waals surface area contributed by atoms with Crippen molar-refractivity contribution in [3.05, 3.63) is 6.92 Å². The summed E-state index contributed by atoms with van der Waals surface area (Å²) in [4.78, 5) is 0. The Kier molecular flexibility index (Phi) is 20.2. The van der Waals surface area contributed by atoms with Crippen LogP contribution in [0.15, 0.2) is 0 Å². The summed E-state index contributed by atoms with van der Waals surface area (Å²) in [6.45, 7) is 3.75. The average molecular weight is 240 g/mol. The lowest BCUT2D eigenvalue weighted by atomic mass is 10.2. The largest absolute Gasteiger partial charge is 0.618 e. The quantitative estimate of drug-likeness (QED) is 0.404. The molecule has 0 rings (SSSR count). The average Bonchev–Trinajstić information content (AvgIpc) is 2.14. The topological polar surface area (TPSA) is 18.5 Å². The maximum absolute atomic E-state index is 5.00. The zero-order chi connectivity index (χ0) is 10.5. The van der Waals surface area contributed by atoms with Crippen LogP contribution in [0.5, 0.6) is 0 Å². The molecule has 13 heavy (non-hydrogen) atoms. The maximum Gasteiger partial charge on any atom is 0.618 e. The molecule has 77 valence electrons. The number of hydrogen-bond donors (Lipinski definition) is 0. The second-order valence-corrected chi connectivity index (χ2v) is 4.98. The van der Waals surface area contributed by atoms with Gasteiger partial charge in [-0.3, -0.25) is 0 Å². The molecule has 0 unspecified atom stereocenters. The van der Waals surface area contributed by atoms with Crippen molar-refractivity contribution < 1.29 is 9.47 Å². The lowest BCUT2D eigenvalue weighted by Crippen LogP contribution is -2.12. The second-order valence-electron chi connectivity index (χ2n) is 2.35. The number of halogens is 2. The fourth-order valence-corrected chi connectivity index (χ4v) is 0.820. The monoisotopic (exact) mass is 239 g/mol. The van der Waals surface area contributed by atoms with Crippen LogP contribution >= 0.6 is 18.1 Å². The van der Waals surface area contributed by atoms with Crippen LogP contribution in [0.1, 0.15) is 25.7 Å². The molecule has 0 aliphatic carbocycles. The van der Waals surface area contributed by atoms with Gasteiger partial charge in [0.1, 0.15) is 0 Å². The van der Waals surface area contributed by atoms with E-state index in [1.807, 2.05) is 0 Å². The summed E-state index contributed by atoms with van der Waals surface area (Å²) in [5, 5.41) is 0. The van der Waals surface area contributed by atoms with Crippen LogP contribution in [0.3, 0.4) is 0 Å². The number of unbranched alkanes of at least 4 members (excludes halogenated alkanes) is 2. The van der Waals surface area contributed by atoms with Crippen molar-refractivity contribution >= 4 is 36.3 Å². The molecule has 0 aromatic heterocycles. The Balaban J connectivity index is 0. The molecule has 0 saturated heterocycles. The first-order valence-corrected chi connectivity index (χ1v) is 8.51. The van der Waals surface area contributed by atoms with Crippen LogP contribution in [0.2, 0.25) is 0 Å². The maximum atomic E-state index is 5.00. The van der Waals surface area contributed by atoms with Crippen LogP contribution < -0.4 is 0 Å². The van der Waals surface area contributed by atoms with Crippen LogP contribution in [-0.4, -0.2) is 38.7 Å². The first kappa shape index (κ1) is 16.7. The third-order valence-electron chi connectivity index (χ3n) is 1.47. The van der Waals surface area contributed by atoms with Crippen LogP contribution in [0, 0.1) is 6.92 Å². The molecule has 0 fully saturated rings. The number of methoxy groups -OCH3 is 2. The summed E-state index contributed by atoms with van der Waals surface area (Å²) in [5.74, 6) is 0. The van der Waals surface area contributed by atoms with Crippen molar-refractivity contribution in [2.45, 2.75) is 32.0 Å². The summed E-state index contributed by atoms with van der Waals surface area (Å²) in [7, 11) is 13.1. The minimum Gasteiger partial charge on any atom is -0.356 e. The van der Waals surface area contributed by atoms with Crippen molar-refractivity contribution in [3.8, 4) is 0 Å². The number of hydrogen-bond acceptors (Lipinski definition) is 2. The number of rotatable bonds is 6. The van der Waals surface area contributed by atoms with Gasteiger partial charge in [0, 0.05) is 14.2 Å². The van der Waals surface area contributed by atoms with E-state index >= 15 is 0 Å². The van der Waals surface area contributed by atoms with Gasteiger partial charge in [-0.05, 0) is 12.8 Å². The molecule has 0 saturated carbocycles. The van der Waals surface area contributed by atoms with Gasteiger partial charge in [-0.2, -0.15) is 0 Å². The molecule has 0 N–H and O–H groups in total. The zero-order valence-electron chi connectivity index (χ0n) is 8.39. The molecule has 0 aliphatic heterocycles. The van der Waals surface area contributed by atoms with Gasteiger partial charge in [-0.25, -0.2) is 0 Å². The lowest BCUT2D eigenvalue weighted by molar-refractivity contribution is -0.107. The Hall–Kier alpha value is 1.27. The SMILES string of the molecule is [CH2]CCCCC(OC)OC.[Cl][Mg][Cl]. The van der Waals surface area contributed by atoms with E-state index < -0.39 is 18.2 Å². The molecular weight excluding hydrogens is 223 g/mol. The number of ether oxygens (including phenoxy) is 2. The van der Waals surface area contributed by atoms with Gasteiger partial charge in [-0.1, -0.05) is 19.8 Å². The molecule has 0 atom stereocenters. The predicted octanol–water partition coefficient (Wildman–Crippen LogP) is 3.00. The summed E-state index contributed by atoms with van der Waals surface area (Å²) in [6.07, 6.45) is 4.24. The second kappa shape index (κ2) is 15.7. The van der Waals surface area contributed by atoms with Crippen LogP contribution in [0.4, 0.5) is 0 Å². The Morgan fingerprint density at radius 2 is 1.69 bits per heavy atom. The van der Waals surface area contributed by atoms with Crippen molar-refractivity contribution in [2.75, 3.05) is 14.2 Å². The molecule has 0 amide bonds. The summed E-state index contributed by atoms with van der Waals surface area (Å²) in [5.41, 5.74) is 0. The summed E-state index contributed by atoms with van der Waals surface area (Å²) < 4.78 is 10.0. The highest BCUT2D eigenvalue weighted by Gasteiger charge is 2.02. The Morgan fingerprint density at radius 3 is 2.00 bits per heavy atom. The van der Waals surface area contributed by atoms with Gasteiger partial charge in [0.2, 0.25) is 0 Å². The van der Waals surface area contributed by atoms with Gasteiger partial charge in [-0.15, -0.1) is 0 Å². The highest BCUT2D eigenvalue weighted by atomic mass is 35.6. The van der Waals surface area contributed by atoms with Crippen molar-refractivity contribution in [3.63, 3.8) is 0 Å². The van der Waals surface area contributed by atoms with Crippen molar-refractivity contribution in [2.24, 2.45) is 0 Å². The van der Waals surface area contributed by atoms with Gasteiger partial charge in [0.05, 0.1) is 0 Å². The Morgan fingerprint density at radius 1 is 1.23 bits per heavy atom. The third-order valence-corrected chi connectivity index (χ3v) is 1.47. The fraction of sp³-hybridized carbons (Fsp3) is 0.875. The van der Waals surface area contributed by atoms with Crippen LogP contribution in [-0.2, 0) is 9.47 Å². The van der Waals surface area contributed by atoms with Crippen molar-refractivity contribution in [1.82, 2.24) is 0 Å². The van der Waals surface area contributed by atoms with E-state index in [2.05, 4.69) is 6.92 Å². The predicted molar refractivity (Wildman–Crippen MR) is 59.1 cm³/mol. The van der Waals surface area contributed by atoms with Crippen molar-refractivity contribution in [1.29, 1.82) is 0 Å². The molecule has 0 aromatic rings. The molecule has 0 bridgehead atoms. The van der Waals surface area contributed by atoms with E-state index in [0.29, 0.717) is 0 Å². The van der Waals surface area contributed by atoms with E-state index in [0.717, 1.165) is 25.7 Å². The standard InChI is InChI=1S/C8H17O2.2ClH.Mg/c1-4-5-6-7-8(9-2)10-3;;;/h8H,1,4-7H2,2-3H3;2*1H;/q;;;+2/p-2. The molecule has 5 heteroatoms. The minimum atomic E-state index is -0.639. The highest BCUT2D eigenvalue weighted by molar-refractivity contribution is 7.22. The van der Waals surface area contributed by atoms with Crippen LogP contribution in [0.25, 0.3) is 0 Å². The first-order valence-electron chi connectivity index (χ1n) is 4.23. The smallest absolute Gasteiger partial charge is 0.356 e. The van der Waals surface area contributed by atoms with E-state index in [1.165, 1.54) is 0 Å². The first-order chi connectivity index (χ1) is 6.26. The van der Waals surface area contributed by atoms with Gasteiger partial charge in [0.15, 0.2) is 6.29 Å². The molecule has 0 spiro atoms. The van der Waals surface area contributed by atoms with Gasteiger partial charge < -0.3 is 27.6 Å². The van der Waals surface area contributed by atoms with E-state index in [1.54, 1.807) is 14.2 Å². The van der Waals surface area contributed by atoms with E-state index in [-0.39, 0.29) is 6.29 Å². The van der Waals surface area contributed by atoms with Gasteiger partial charge >= 0.3 is 18.2 Å². The molecule has 0 heterocycles. The third kappa shape index (κ3) is 16.0. The zero-order valence-corrected chi connectivity index (χ0v) is 11.3. The molecule has 0 aliphatic rings.